The molecule has 24 heavy (non-hydrogen) atoms. The van der Waals surface area contributed by atoms with E-state index in [-0.39, 0.29) is 24.1 Å². The molecule has 3 heterocycles. The number of aliphatic hydroxyl groups excluding tert-OH is 1. The first kappa shape index (κ1) is 16.4. The fraction of sp³-hybridized carbons (Fsp3) is 0.600. The van der Waals surface area contributed by atoms with Crippen LogP contribution in [0, 0.1) is 5.41 Å². The summed E-state index contributed by atoms with van der Waals surface area (Å²) < 4.78 is 4.21. The Labute approximate surface area is 138 Å². The molecule has 0 amide bonds. The summed E-state index contributed by atoms with van der Waals surface area (Å²) in [7, 11) is 3.04. The Morgan fingerprint density at radius 2 is 1.83 bits per heavy atom. The van der Waals surface area contributed by atoms with Gasteiger partial charge in [-0.15, -0.1) is 0 Å². The number of rotatable bonds is 2. The molecule has 0 aliphatic carbocycles. The van der Waals surface area contributed by atoms with Gasteiger partial charge in [-0.3, -0.25) is 18.5 Å². The minimum Gasteiger partial charge on any atom is -0.394 e. The van der Waals surface area contributed by atoms with Crippen LogP contribution in [0.15, 0.2) is 14.7 Å². The van der Waals surface area contributed by atoms with Crippen LogP contribution in [-0.2, 0) is 20.6 Å². The van der Waals surface area contributed by atoms with Gasteiger partial charge in [-0.05, 0) is 0 Å². The van der Waals surface area contributed by atoms with Crippen molar-refractivity contribution < 1.29 is 5.11 Å². The summed E-state index contributed by atoms with van der Waals surface area (Å²) >= 11 is 0. The second-order valence-electron chi connectivity index (χ2n) is 7.02. The van der Waals surface area contributed by atoms with Crippen LogP contribution >= 0.6 is 0 Å². The topological polar surface area (TPSA) is 97.7 Å². The molecule has 9 nitrogen and oxygen atoms in total. The molecule has 1 aliphatic heterocycles. The second-order valence-corrected chi connectivity index (χ2v) is 7.02. The summed E-state index contributed by atoms with van der Waals surface area (Å²) in [6, 6.07) is 0. The van der Waals surface area contributed by atoms with Crippen LogP contribution in [0.4, 0.5) is 5.95 Å². The highest BCUT2D eigenvalue weighted by atomic mass is 16.3. The van der Waals surface area contributed by atoms with Crippen molar-refractivity contribution in [3.8, 4) is 0 Å². The quantitative estimate of drug-likeness (QED) is 0.809. The molecule has 0 saturated heterocycles. The second kappa shape index (κ2) is 5.30. The molecule has 0 spiro atoms. The number of aromatic nitrogens is 4. The van der Waals surface area contributed by atoms with E-state index in [1.54, 1.807) is 16.6 Å². The van der Waals surface area contributed by atoms with Gasteiger partial charge < -0.3 is 5.11 Å². The molecule has 0 fully saturated rings. The predicted octanol–water partition coefficient (Wildman–Crippen LogP) is -0.352. The van der Waals surface area contributed by atoms with Crippen molar-refractivity contribution in [1.82, 2.24) is 18.7 Å². The maximum Gasteiger partial charge on any atom is 0.332 e. The highest BCUT2D eigenvalue weighted by Gasteiger charge is 2.31. The lowest BCUT2D eigenvalue weighted by molar-refractivity contribution is 0.300. The Kier molecular flexibility index (Phi) is 3.63. The Morgan fingerprint density at radius 3 is 2.42 bits per heavy atom. The number of aryl methyl sites for hydroxylation is 1. The Morgan fingerprint density at radius 1 is 1.17 bits per heavy atom. The van der Waals surface area contributed by atoms with Crippen LogP contribution < -0.4 is 16.3 Å². The van der Waals surface area contributed by atoms with E-state index in [1.807, 2.05) is 20.8 Å². The lowest BCUT2D eigenvalue weighted by Crippen LogP contribution is -2.39. The first-order chi connectivity index (χ1) is 11.2. The number of aliphatic hydroxyl groups is 1. The van der Waals surface area contributed by atoms with Crippen LogP contribution in [0.3, 0.4) is 0 Å². The van der Waals surface area contributed by atoms with E-state index in [9.17, 15) is 14.7 Å². The number of hydrazone groups is 1. The third-order valence-electron chi connectivity index (χ3n) is 4.29. The number of nitrogens with zero attached hydrogens (tertiary/aromatic N) is 6. The molecule has 0 saturated carbocycles. The standard InChI is InChI=1S/C15H22N6O3/c1-15(2,3)9-8-20-10-11(16-13(20)21(17-9)6-7-22)18(4)14(24)19(5)12(10)23/h22H,6-8H2,1-5H3. The molecule has 0 radical (unpaired) electrons. The number of fused-ring (bicyclic) bond motifs is 3. The smallest absolute Gasteiger partial charge is 0.332 e. The average Bonchev–Trinajstić information content (AvgIpc) is 2.90. The third kappa shape index (κ3) is 2.27. The fourth-order valence-electron chi connectivity index (χ4n) is 2.79. The summed E-state index contributed by atoms with van der Waals surface area (Å²) in [4.78, 5) is 29.2. The van der Waals surface area contributed by atoms with E-state index in [0.29, 0.717) is 23.7 Å². The lowest BCUT2D eigenvalue weighted by Gasteiger charge is -2.31. The fourth-order valence-corrected chi connectivity index (χ4v) is 2.79. The molecule has 3 rings (SSSR count). The molecule has 2 aromatic heterocycles. The van der Waals surface area contributed by atoms with Gasteiger partial charge in [-0.2, -0.15) is 10.1 Å². The SMILES string of the molecule is Cn1c(=O)c2c(nc3n2CC(C(C)(C)C)=NN3CCO)n(C)c1=O. The molecule has 9 heteroatoms. The number of anilines is 1. The number of hydrogen-bond donors (Lipinski definition) is 1. The molecule has 0 bridgehead atoms. The Hall–Kier alpha value is -2.42. The van der Waals surface area contributed by atoms with Gasteiger partial charge in [-0.1, -0.05) is 20.8 Å². The average molecular weight is 334 g/mol. The Balaban J connectivity index is 2.35. The highest BCUT2D eigenvalue weighted by Crippen LogP contribution is 2.28. The highest BCUT2D eigenvalue weighted by molar-refractivity contribution is 5.93. The molecule has 130 valence electrons. The van der Waals surface area contributed by atoms with Gasteiger partial charge in [0.2, 0.25) is 5.95 Å². The number of imidazole rings is 1. The minimum atomic E-state index is -0.423. The van der Waals surface area contributed by atoms with Gasteiger partial charge in [0, 0.05) is 19.5 Å². The number of hydrogen-bond acceptors (Lipinski definition) is 6. The van der Waals surface area contributed by atoms with Crippen LogP contribution in [-0.4, -0.2) is 42.7 Å². The zero-order valence-corrected chi connectivity index (χ0v) is 14.6. The van der Waals surface area contributed by atoms with Gasteiger partial charge in [0.05, 0.1) is 25.4 Å². The summed E-state index contributed by atoms with van der Waals surface area (Å²) in [6.07, 6.45) is 0. The summed E-state index contributed by atoms with van der Waals surface area (Å²) in [5.74, 6) is 0.463. The van der Waals surface area contributed by atoms with Crippen molar-refractivity contribution in [2.45, 2.75) is 27.3 Å². The van der Waals surface area contributed by atoms with E-state index in [4.69, 9.17) is 0 Å². The first-order valence-electron chi connectivity index (χ1n) is 7.79. The third-order valence-corrected chi connectivity index (χ3v) is 4.29. The summed E-state index contributed by atoms with van der Waals surface area (Å²) in [5.41, 5.74) is 0.562. The van der Waals surface area contributed by atoms with Crippen molar-refractivity contribution in [1.29, 1.82) is 0 Å². The maximum absolute atomic E-state index is 12.6. The Bertz CT molecular complexity index is 957. The lowest BCUT2D eigenvalue weighted by atomic mass is 9.89. The molecule has 0 aromatic carbocycles. The molecular formula is C15H22N6O3. The predicted molar refractivity (Wildman–Crippen MR) is 91.5 cm³/mol. The zero-order chi connectivity index (χ0) is 17.8. The van der Waals surface area contributed by atoms with Crippen LogP contribution in [0.1, 0.15) is 20.8 Å². The summed E-state index contributed by atoms with van der Waals surface area (Å²) in [6.45, 7) is 6.71. The molecule has 1 N–H and O–H groups in total. The van der Waals surface area contributed by atoms with E-state index in [0.717, 1.165) is 10.3 Å². The monoisotopic (exact) mass is 334 g/mol. The van der Waals surface area contributed by atoms with Gasteiger partial charge in [0.15, 0.2) is 11.2 Å². The van der Waals surface area contributed by atoms with Crippen molar-refractivity contribution in [2.75, 3.05) is 18.2 Å². The van der Waals surface area contributed by atoms with Gasteiger partial charge in [-0.25, -0.2) is 9.80 Å². The molecular weight excluding hydrogens is 312 g/mol. The zero-order valence-electron chi connectivity index (χ0n) is 14.6. The molecule has 0 atom stereocenters. The van der Waals surface area contributed by atoms with Crippen LogP contribution in [0.5, 0.6) is 0 Å². The van der Waals surface area contributed by atoms with E-state index in [2.05, 4.69) is 10.1 Å². The van der Waals surface area contributed by atoms with Crippen molar-refractivity contribution in [3.63, 3.8) is 0 Å². The minimum absolute atomic E-state index is 0.0962. The van der Waals surface area contributed by atoms with Crippen molar-refractivity contribution >= 4 is 22.8 Å². The molecule has 1 aliphatic rings. The van der Waals surface area contributed by atoms with Crippen molar-refractivity contribution in [2.24, 2.45) is 24.6 Å². The molecule has 0 unspecified atom stereocenters. The normalized spacial score (nSPS) is 14.9. The number of β-amino-alcohol motifs (C(OH)–C–C–N with tert-alkyl or cyclic N) is 1. The van der Waals surface area contributed by atoms with E-state index >= 15 is 0 Å². The van der Waals surface area contributed by atoms with Crippen molar-refractivity contribution in [3.05, 3.63) is 20.8 Å². The van der Waals surface area contributed by atoms with E-state index < -0.39 is 5.69 Å². The van der Waals surface area contributed by atoms with E-state index in [1.165, 1.54) is 11.6 Å². The van der Waals surface area contributed by atoms with Gasteiger partial charge in [0.1, 0.15) is 0 Å². The van der Waals surface area contributed by atoms with Gasteiger partial charge >= 0.3 is 5.69 Å². The van der Waals surface area contributed by atoms with Gasteiger partial charge in [0.25, 0.3) is 5.56 Å². The maximum atomic E-state index is 12.6. The summed E-state index contributed by atoms with van der Waals surface area (Å²) in [5, 5.41) is 15.5. The largest absolute Gasteiger partial charge is 0.394 e. The molecule has 2 aromatic rings. The first-order valence-corrected chi connectivity index (χ1v) is 7.79. The van der Waals surface area contributed by atoms with Crippen LogP contribution in [0.2, 0.25) is 0 Å². The van der Waals surface area contributed by atoms with Crippen LogP contribution in [0.25, 0.3) is 11.2 Å².